The number of carboxylic acid groups (broad SMARTS) is 1. The molecule has 0 aromatic carbocycles. The van der Waals surface area contributed by atoms with E-state index in [-0.39, 0.29) is 6.42 Å². The van der Waals surface area contributed by atoms with Crippen molar-refractivity contribution in [3.8, 4) is 5.88 Å². The van der Waals surface area contributed by atoms with Crippen molar-refractivity contribution < 1.29 is 14.6 Å². The van der Waals surface area contributed by atoms with Gasteiger partial charge in [0, 0.05) is 23.7 Å². The van der Waals surface area contributed by atoms with Crippen LogP contribution in [0, 0.1) is 6.92 Å². The molecule has 0 radical (unpaired) electrons. The Morgan fingerprint density at radius 2 is 2.17 bits per heavy atom. The molecule has 0 unspecified atom stereocenters. The Hall–Kier alpha value is -1.85. The second-order valence-electron chi connectivity index (χ2n) is 4.78. The number of rotatable bonds is 6. The van der Waals surface area contributed by atoms with Gasteiger partial charge in [-0.05, 0) is 27.2 Å². The third kappa shape index (κ3) is 4.57. The topological polar surface area (TPSA) is 84.3 Å². The van der Waals surface area contributed by atoms with Crippen LogP contribution in [0.3, 0.4) is 0 Å². The molecule has 0 spiro atoms. The van der Waals surface area contributed by atoms with Crippen molar-refractivity contribution >= 4 is 11.9 Å². The maximum Gasteiger partial charge on any atom is 0.303 e. The van der Waals surface area contributed by atoms with Crippen molar-refractivity contribution in [3.05, 3.63) is 11.8 Å². The van der Waals surface area contributed by atoms with Crippen LogP contribution in [-0.4, -0.2) is 33.7 Å². The fourth-order valence-electron chi connectivity index (χ4n) is 1.48. The van der Waals surface area contributed by atoms with E-state index in [2.05, 4.69) is 15.3 Å². The standard InChI is InChI=1S/C12H19N3O3/c1-8-7-9(18-4)14-11(13-8)15-12(2,3)6-5-10(16)17/h7H,5-6H2,1-4H3,(H,16,17)(H,13,14,15). The average molecular weight is 253 g/mol. The van der Waals surface area contributed by atoms with E-state index in [1.165, 1.54) is 0 Å². The monoisotopic (exact) mass is 253 g/mol. The van der Waals surface area contributed by atoms with Crippen LogP contribution in [0.25, 0.3) is 0 Å². The zero-order chi connectivity index (χ0) is 13.8. The van der Waals surface area contributed by atoms with Gasteiger partial charge in [-0.15, -0.1) is 0 Å². The Morgan fingerprint density at radius 1 is 1.50 bits per heavy atom. The minimum Gasteiger partial charge on any atom is -0.481 e. The fourth-order valence-corrected chi connectivity index (χ4v) is 1.48. The predicted octanol–water partition coefficient (Wildman–Crippen LogP) is 1.85. The molecule has 1 heterocycles. The van der Waals surface area contributed by atoms with Gasteiger partial charge in [0.2, 0.25) is 11.8 Å². The molecule has 1 rings (SSSR count). The quantitative estimate of drug-likeness (QED) is 0.804. The number of aromatic nitrogens is 2. The summed E-state index contributed by atoms with van der Waals surface area (Å²) in [5.41, 5.74) is 0.398. The number of nitrogens with zero attached hydrogens (tertiary/aromatic N) is 2. The molecule has 0 aliphatic rings. The van der Waals surface area contributed by atoms with Crippen molar-refractivity contribution in [2.24, 2.45) is 0 Å². The Bertz CT molecular complexity index is 433. The highest BCUT2D eigenvalue weighted by atomic mass is 16.5. The number of anilines is 1. The van der Waals surface area contributed by atoms with E-state index in [0.717, 1.165) is 5.69 Å². The summed E-state index contributed by atoms with van der Waals surface area (Å²) in [7, 11) is 1.54. The molecule has 0 aliphatic carbocycles. The summed E-state index contributed by atoms with van der Waals surface area (Å²) in [6, 6.07) is 1.73. The average Bonchev–Trinajstić information content (AvgIpc) is 2.25. The van der Waals surface area contributed by atoms with Crippen LogP contribution >= 0.6 is 0 Å². The third-order valence-electron chi connectivity index (χ3n) is 2.45. The molecule has 1 aromatic heterocycles. The number of hydrogen-bond donors (Lipinski definition) is 2. The van der Waals surface area contributed by atoms with Crippen molar-refractivity contribution in [2.75, 3.05) is 12.4 Å². The van der Waals surface area contributed by atoms with Crippen LogP contribution in [0.2, 0.25) is 0 Å². The summed E-state index contributed by atoms with van der Waals surface area (Å²) < 4.78 is 5.06. The number of methoxy groups -OCH3 is 1. The fraction of sp³-hybridized carbons (Fsp3) is 0.583. The van der Waals surface area contributed by atoms with Crippen molar-refractivity contribution in [1.29, 1.82) is 0 Å². The second-order valence-corrected chi connectivity index (χ2v) is 4.78. The molecule has 6 nitrogen and oxygen atoms in total. The first-order valence-electron chi connectivity index (χ1n) is 5.72. The minimum absolute atomic E-state index is 0.100. The van der Waals surface area contributed by atoms with E-state index in [1.54, 1.807) is 13.2 Å². The molecular weight excluding hydrogens is 234 g/mol. The van der Waals surface area contributed by atoms with Gasteiger partial charge in [0.15, 0.2) is 0 Å². The highest BCUT2D eigenvalue weighted by molar-refractivity contribution is 5.66. The minimum atomic E-state index is -0.812. The van der Waals surface area contributed by atoms with E-state index >= 15 is 0 Å². The van der Waals surface area contributed by atoms with Gasteiger partial charge >= 0.3 is 5.97 Å². The number of aliphatic carboxylic acids is 1. The number of carboxylic acids is 1. The largest absolute Gasteiger partial charge is 0.481 e. The maximum atomic E-state index is 10.6. The maximum absolute atomic E-state index is 10.6. The van der Waals surface area contributed by atoms with Crippen LogP contribution in [-0.2, 0) is 4.79 Å². The number of nitrogens with one attached hydrogen (secondary N) is 1. The molecule has 6 heteroatoms. The lowest BCUT2D eigenvalue weighted by atomic mass is 9.99. The van der Waals surface area contributed by atoms with Crippen LogP contribution in [0.15, 0.2) is 6.07 Å². The highest BCUT2D eigenvalue weighted by Crippen LogP contribution is 2.19. The van der Waals surface area contributed by atoms with Gasteiger partial charge in [-0.1, -0.05) is 0 Å². The van der Waals surface area contributed by atoms with Gasteiger partial charge in [-0.3, -0.25) is 4.79 Å². The molecule has 0 aliphatic heterocycles. The Kier molecular flexibility index (Phi) is 4.47. The lowest BCUT2D eigenvalue weighted by Crippen LogP contribution is -2.32. The van der Waals surface area contributed by atoms with Crippen molar-refractivity contribution in [2.45, 2.75) is 39.2 Å². The van der Waals surface area contributed by atoms with E-state index in [1.807, 2.05) is 20.8 Å². The predicted molar refractivity (Wildman–Crippen MR) is 67.9 cm³/mol. The summed E-state index contributed by atoms with van der Waals surface area (Å²) in [6.07, 6.45) is 0.588. The van der Waals surface area contributed by atoms with Crippen LogP contribution in [0.4, 0.5) is 5.95 Å². The van der Waals surface area contributed by atoms with Gasteiger partial charge in [0.05, 0.1) is 7.11 Å². The first kappa shape index (κ1) is 14.2. The van der Waals surface area contributed by atoms with E-state index in [9.17, 15) is 4.79 Å². The van der Waals surface area contributed by atoms with Gasteiger partial charge in [-0.25, -0.2) is 4.98 Å². The highest BCUT2D eigenvalue weighted by Gasteiger charge is 2.20. The SMILES string of the molecule is COc1cc(C)nc(NC(C)(C)CCC(=O)O)n1. The smallest absolute Gasteiger partial charge is 0.303 e. The summed E-state index contributed by atoms with van der Waals surface area (Å²) in [6.45, 7) is 5.67. The zero-order valence-electron chi connectivity index (χ0n) is 11.1. The van der Waals surface area contributed by atoms with Gasteiger partial charge in [0.1, 0.15) is 0 Å². The van der Waals surface area contributed by atoms with Crippen LogP contribution in [0.5, 0.6) is 5.88 Å². The van der Waals surface area contributed by atoms with Crippen molar-refractivity contribution in [1.82, 2.24) is 9.97 Å². The Balaban J connectivity index is 2.76. The van der Waals surface area contributed by atoms with Crippen LogP contribution < -0.4 is 10.1 Å². The van der Waals surface area contributed by atoms with Gasteiger partial charge < -0.3 is 15.2 Å². The summed E-state index contributed by atoms with van der Waals surface area (Å²) in [5.74, 6) is 0.119. The Morgan fingerprint density at radius 3 is 2.72 bits per heavy atom. The van der Waals surface area contributed by atoms with Crippen molar-refractivity contribution in [3.63, 3.8) is 0 Å². The normalized spacial score (nSPS) is 11.1. The molecule has 0 amide bonds. The van der Waals surface area contributed by atoms with E-state index in [4.69, 9.17) is 9.84 Å². The first-order valence-corrected chi connectivity index (χ1v) is 5.72. The molecule has 0 fully saturated rings. The number of carbonyl (C=O) groups is 1. The first-order chi connectivity index (χ1) is 8.32. The molecule has 1 aromatic rings. The number of hydrogen-bond acceptors (Lipinski definition) is 5. The van der Waals surface area contributed by atoms with Gasteiger partial charge in [0.25, 0.3) is 0 Å². The summed E-state index contributed by atoms with van der Waals surface area (Å²) in [5, 5.41) is 11.8. The molecule has 100 valence electrons. The molecule has 18 heavy (non-hydrogen) atoms. The molecular formula is C12H19N3O3. The molecule has 0 atom stereocenters. The van der Waals surface area contributed by atoms with E-state index in [0.29, 0.717) is 18.2 Å². The zero-order valence-corrected chi connectivity index (χ0v) is 11.1. The number of aryl methyl sites for hydroxylation is 1. The number of ether oxygens (including phenoxy) is 1. The van der Waals surface area contributed by atoms with Crippen LogP contribution in [0.1, 0.15) is 32.4 Å². The third-order valence-corrected chi connectivity index (χ3v) is 2.45. The lowest BCUT2D eigenvalue weighted by molar-refractivity contribution is -0.137. The second kappa shape index (κ2) is 5.66. The summed E-state index contributed by atoms with van der Waals surface area (Å²) >= 11 is 0. The van der Waals surface area contributed by atoms with E-state index < -0.39 is 11.5 Å². The molecule has 0 saturated carbocycles. The molecule has 0 bridgehead atoms. The Labute approximate surface area is 106 Å². The molecule has 2 N–H and O–H groups in total. The molecule has 0 saturated heterocycles. The van der Waals surface area contributed by atoms with Gasteiger partial charge in [-0.2, -0.15) is 4.98 Å². The lowest BCUT2D eigenvalue weighted by Gasteiger charge is -2.25. The summed E-state index contributed by atoms with van der Waals surface area (Å²) in [4.78, 5) is 19.0.